The molecule has 0 amide bonds. The van der Waals surface area contributed by atoms with Gasteiger partial charge in [-0.2, -0.15) is 0 Å². The molecule has 2 atom stereocenters. The molecule has 0 bridgehead atoms. The van der Waals surface area contributed by atoms with Crippen molar-refractivity contribution in [2.24, 2.45) is 0 Å². The predicted octanol–water partition coefficient (Wildman–Crippen LogP) is 4.03. The minimum absolute atomic E-state index is 0.0656. The maximum atomic E-state index is 6.24. The lowest BCUT2D eigenvalue weighted by molar-refractivity contribution is -0.00341. The summed E-state index contributed by atoms with van der Waals surface area (Å²) in [4.78, 5) is 0. The van der Waals surface area contributed by atoms with E-state index in [1.54, 1.807) is 0 Å². The second kappa shape index (κ2) is 7.22. The van der Waals surface area contributed by atoms with E-state index in [9.17, 15) is 0 Å². The van der Waals surface area contributed by atoms with Crippen LogP contribution in [0.4, 0.5) is 0 Å². The molecular formula is C18H23NO. The summed E-state index contributed by atoms with van der Waals surface area (Å²) in [6.07, 6.45) is 0.145. The third-order valence-electron chi connectivity index (χ3n) is 3.48. The Labute approximate surface area is 121 Å². The third kappa shape index (κ3) is 3.92. The van der Waals surface area contributed by atoms with Gasteiger partial charge in [-0.1, -0.05) is 60.2 Å². The standard InChI is InChI=1S/C18H23NO/c1-14-9-11-17(12-10-14)18(13-19-3)20-15(2)16-7-5-4-6-8-16/h4-12,15,18-19H,13H2,1-3H3. The van der Waals surface area contributed by atoms with Crippen LogP contribution in [0.3, 0.4) is 0 Å². The first-order valence-corrected chi connectivity index (χ1v) is 7.12. The van der Waals surface area contributed by atoms with Gasteiger partial charge in [0.15, 0.2) is 0 Å². The number of rotatable bonds is 6. The number of ether oxygens (including phenoxy) is 1. The van der Waals surface area contributed by atoms with Gasteiger partial charge in [-0.25, -0.2) is 0 Å². The fourth-order valence-corrected chi connectivity index (χ4v) is 2.26. The molecule has 0 saturated heterocycles. The monoisotopic (exact) mass is 269 g/mol. The van der Waals surface area contributed by atoms with Crippen molar-refractivity contribution in [2.45, 2.75) is 26.1 Å². The van der Waals surface area contributed by atoms with E-state index in [0.717, 1.165) is 6.54 Å². The lowest BCUT2D eigenvalue weighted by atomic mass is 10.1. The Morgan fingerprint density at radius 3 is 2.20 bits per heavy atom. The van der Waals surface area contributed by atoms with Gasteiger partial charge >= 0.3 is 0 Å². The Kier molecular flexibility index (Phi) is 5.33. The third-order valence-corrected chi connectivity index (χ3v) is 3.48. The molecule has 2 unspecified atom stereocenters. The van der Waals surface area contributed by atoms with Gasteiger partial charge in [0.25, 0.3) is 0 Å². The molecule has 0 aliphatic rings. The number of likely N-dealkylation sites (N-methyl/N-ethyl adjacent to an activating group) is 1. The van der Waals surface area contributed by atoms with Gasteiger partial charge in [0.05, 0.1) is 12.2 Å². The van der Waals surface area contributed by atoms with Gasteiger partial charge in [-0.15, -0.1) is 0 Å². The molecule has 0 heterocycles. The molecule has 0 radical (unpaired) electrons. The zero-order valence-electron chi connectivity index (χ0n) is 12.5. The number of hydrogen-bond acceptors (Lipinski definition) is 2. The highest BCUT2D eigenvalue weighted by Crippen LogP contribution is 2.26. The first-order chi connectivity index (χ1) is 9.70. The first-order valence-electron chi connectivity index (χ1n) is 7.12. The van der Waals surface area contributed by atoms with Crippen LogP contribution in [0, 0.1) is 6.92 Å². The largest absolute Gasteiger partial charge is 0.365 e. The van der Waals surface area contributed by atoms with E-state index in [0.29, 0.717) is 0 Å². The van der Waals surface area contributed by atoms with E-state index in [1.165, 1.54) is 16.7 Å². The highest BCUT2D eigenvalue weighted by atomic mass is 16.5. The molecule has 20 heavy (non-hydrogen) atoms. The van der Waals surface area contributed by atoms with E-state index in [1.807, 2.05) is 25.2 Å². The molecule has 0 aliphatic carbocycles. The molecule has 0 fully saturated rings. The lowest BCUT2D eigenvalue weighted by Crippen LogP contribution is -2.21. The van der Waals surface area contributed by atoms with Crippen molar-refractivity contribution >= 4 is 0 Å². The van der Waals surface area contributed by atoms with E-state index in [2.05, 4.69) is 55.6 Å². The smallest absolute Gasteiger partial charge is 0.0957 e. The first kappa shape index (κ1) is 14.8. The molecule has 2 rings (SSSR count). The summed E-state index contributed by atoms with van der Waals surface area (Å²) in [5, 5.41) is 3.21. The molecule has 2 aromatic carbocycles. The highest BCUT2D eigenvalue weighted by molar-refractivity contribution is 5.24. The molecule has 0 aromatic heterocycles. The fourth-order valence-electron chi connectivity index (χ4n) is 2.26. The molecular weight excluding hydrogens is 246 g/mol. The van der Waals surface area contributed by atoms with Crippen LogP contribution in [-0.4, -0.2) is 13.6 Å². The Bertz CT molecular complexity index is 507. The van der Waals surface area contributed by atoms with Crippen LogP contribution in [0.5, 0.6) is 0 Å². The van der Waals surface area contributed by atoms with Crippen molar-refractivity contribution in [1.29, 1.82) is 0 Å². The van der Waals surface area contributed by atoms with Gasteiger partial charge in [-0.05, 0) is 32.0 Å². The van der Waals surface area contributed by atoms with Crippen molar-refractivity contribution in [2.75, 3.05) is 13.6 Å². The van der Waals surface area contributed by atoms with E-state index >= 15 is 0 Å². The van der Waals surface area contributed by atoms with Crippen molar-refractivity contribution in [1.82, 2.24) is 5.32 Å². The summed E-state index contributed by atoms with van der Waals surface area (Å²) in [5.41, 5.74) is 3.70. The van der Waals surface area contributed by atoms with E-state index in [-0.39, 0.29) is 12.2 Å². The van der Waals surface area contributed by atoms with Crippen molar-refractivity contribution in [3.63, 3.8) is 0 Å². The minimum atomic E-state index is 0.0656. The minimum Gasteiger partial charge on any atom is -0.365 e. The molecule has 2 nitrogen and oxygen atoms in total. The summed E-state index contributed by atoms with van der Waals surface area (Å²) >= 11 is 0. The zero-order valence-corrected chi connectivity index (χ0v) is 12.5. The maximum absolute atomic E-state index is 6.24. The van der Waals surface area contributed by atoms with Crippen LogP contribution in [0.2, 0.25) is 0 Å². The van der Waals surface area contributed by atoms with Crippen molar-refractivity contribution in [3.05, 3.63) is 71.3 Å². The molecule has 0 saturated carbocycles. The van der Waals surface area contributed by atoms with Crippen LogP contribution in [0.25, 0.3) is 0 Å². The summed E-state index contributed by atoms with van der Waals surface area (Å²) in [5.74, 6) is 0. The Balaban J connectivity index is 2.11. The van der Waals surface area contributed by atoms with Gasteiger partial charge in [0.2, 0.25) is 0 Å². The number of aryl methyl sites for hydroxylation is 1. The maximum Gasteiger partial charge on any atom is 0.0957 e. The van der Waals surface area contributed by atoms with Crippen LogP contribution in [0.1, 0.15) is 35.8 Å². The van der Waals surface area contributed by atoms with Crippen LogP contribution in [0.15, 0.2) is 54.6 Å². The molecule has 2 heteroatoms. The number of nitrogens with one attached hydrogen (secondary N) is 1. The van der Waals surface area contributed by atoms with Gasteiger partial charge in [0.1, 0.15) is 0 Å². The number of hydrogen-bond donors (Lipinski definition) is 1. The lowest BCUT2D eigenvalue weighted by Gasteiger charge is -2.23. The van der Waals surface area contributed by atoms with Gasteiger partial charge in [-0.3, -0.25) is 0 Å². The second-order valence-corrected chi connectivity index (χ2v) is 5.15. The Morgan fingerprint density at radius 2 is 1.60 bits per heavy atom. The summed E-state index contributed by atoms with van der Waals surface area (Å²) in [7, 11) is 1.96. The topological polar surface area (TPSA) is 21.3 Å². The average Bonchev–Trinajstić information content (AvgIpc) is 2.48. The van der Waals surface area contributed by atoms with Crippen LogP contribution < -0.4 is 5.32 Å². The van der Waals surface area contributed by atoms with Crippen molar-refractivity contribution in [3.8, 4) is 0 Å². The molecule has 0 aliphatic heterocycles. The molecule has 2 aromatic rings. The zero-order chi connectivity index (χ0) is 14.4. The SMILES string of the molecule is CNCC(OC(C)c1ccccc1)c1ccc(C)cc1. The normalized spacial score (nSPS) is 13.9. The van der Waals surface area contributed by atoms with E-state index < -0.39 is 0 Å². The summed E-state index contributed by atoms with van der Waals surface area (Å²) < 4.78 is 6.24. The van der Waals surface area contributed by atoms with Gasteiger partial charge < -0.3 is 10.1 Å². The second-order valence-electron chi connectivity index (χ2n) is 5.15. The predicted molar refractivity (Wildman–Crippen MR) is 83.8 cm³/mol. The Morgan fingerprint density at radius 1 is 0.950 bits per heavy atom. The Hall–Kier alpha value is -1.64. The molecule has 106 valence electrons. The van der Waals surface area contributed by atoms with Crippen LogP contribution >= 0.6 is 0 Å². The highest BCUT2D eigenvalue weighted by Gasteiger charge is 2.16. The van der Waals surface area contributed by atoms with Gasteiger partial charge in [0, 0.05) is 6.54 Å². The fraction of sp³-hybridized carbons (Fsp3) is 0.333. The van der Waals surface area contributed by atoms with Crippen molar-refractivity contribution < 1.29 is 4.74 Å². The summed E-state index contributed by atoms with van der Waals surface area (Å²) in [6, 6.07) is 18.9. The van der Waals surface area contributed by atoms with E-state index in [4.69, 9.17) is 4.74 Å². The quantitative estimate of drug-likeness (QED) is 0.854. The summed E-state index contributed by atoms with van der Waals surface area (Å²) in [6.45, 7) is 5.01. The molecule has 0 spiro atoms. The number of benzene rings is 2. The van der Waals surface area contributed by atoms with Crippen LogP contribution in [-0.2, 0) is 4.74 Å². The average molecular weight is 269 g/mol. The molecule has 1 N–H and O–H groups in total.